The third-order valence-electron chi connectivity index (χ3n) is 4.59. The van der Waals surface area contributed by atoms with Crippen LogP contribution >= 0.6 is 11.6 Å². The fraction of sp³-hybridized carbons (Fsp3) is 0.130. The Bertz CT molecular complexity index is 825. The highest BCUT2D eigenvalue weighted by Gasteiger charge is 2.27. The van der Waals surface area contributed by atoms with Gasteiger partial charge in [0.2, 0.25) is 0 Å². The van der Waals surface area contributed by atoms with Crippen molar-refractivity contribution < 1.29 is 4.74 Å². The number of hydrogen-bond donors (Lipinski definition) is 0. The van der Waals surface area contributed by atoms with Gasteiger partial charge in [0, 0.05) is 5.02 Å². The molecule has 3 aromatic rings. The van der Waals surface area contributed by atoms with Gasteiger partial charge in [-0.15, -0.1) is 0 Å². The van der Waals surface area contributed by atoms with Crippen LogP contribution in [0.15, 0.2) is 90.5 Å². The first-order valence-electron chi connectivity index (χ1n) is 8.54. The highest BCUT2D eigenvalue weighted by molar-refractivity contribution is 6.30. The molecule has 0 aliphatic carbocycles. The first kappa shape index (κ1) is 16.1. The third-order valence-corrected chi connectivity index (χ3v) is 4.84. The third kappa shape index (κ3) is 3.39. The molecule has 1 unspecified atom stereocenters. The van der Waals surface area contributed by atoms with Crippen molar-refractivity contribution in [1.29, 1.82) is 0 Å². The molecule has 1 nitrogen and oxygen atoms in total. The lowest BCUT2D eigenvalue weighted by Gasteiger charge is -2.18. The van der Waals surface area contributed by atoms with Gasteiger partial charge >= 0.3 is 0 Å². The minimum Gasteiger partial charge on any atom is -0.369 e. The van der Waals surface area contributed by atoms with Gasteiger partial charge in [-0.3, -0.25) is 0 Å². The van der Waals surface area contributed by atoms with Gasteiger partial charge < -0.3 is 4.74 Å². The van der Waals surface area contributed by atoms with Crippen molar-refractivity contribution in [1.82, 2.24) is 0 Å². The molecule has 1 aliphatic heterocycles. The minimum absolute atomic E-state index is 0.0207. The Morgan fingerprint density at radius 2 is 1.32 bits per heavy atom. The summed E-state index contributed by atoms with van der Waals surface area (Å²) >= 11 is 6.06. The summed E-state index contributed by atoms with van der Waals surface area (Å²) in [5.74, 6) is 0. The molecule has 0 saturated carbocycles. The maximum Gasteiger partial charge on any atom is 0.105 e. The Kier molecular flexibility index (Phi) is 4.69. The van der Waals surface area contributed by atoms with E-state index in [4.69, 9.17) is 16.3 Å². The summed E-state index contributed by atoms with van der Waals surface area (Å²) in [5.41, 5.74) is 6.22. The Balaban J connectivity index is 1.88. The number of benzene rings is 3. The summed E-state index contributed by atoms with van der Waals surface area (Å²) in [6, 6.07) is 29.1. The molecule has 2 heteroatoms. The van der Waals surface area contributed by atoms with E-state index in [1.54, 1.807) is 0 Å². The van der Waals surface area contributed by atoms with Crippen molar-refractivity contribution in [3.05, 3.63) is 112 Å². The lowest BCUT2D eigenvalue weighted by molar-refractivity contribution is 0.125. The van der Waals surface area contributed by atoms with Crippen LogP contribution < -0.4 is 0 Å². The number of ether oxygens (including phenoxy) is 1. The largest absolute Gasteiger partial charge is 0.369 e. The van der Waals surface area contributed by atoms with Crippen LogP contribution in [0.1, 0.15) is 29.2 Å². The summed E-state index contributed by atoms with van der Waals surface area (Å²) in [4.78, 5) is 0. The number of hydrogen-bond acceptors (Lipinski definition) is 1. The Morgan fingerprint density at radius 3 is 1.88 bits per heavy atom. The normalized spacial score (nSPS) is 16.8. The highest BCUT2D eigenvalue weighted by Crippen LogP contribution is 2.41. The van der Waals surface area contributed by atoms with Crippen molar-refractivity contribution in [3.63, 3.8) is 0 Å². The van der Waals surface area contributed by atoms with Crippen molar-refractivity contribution >= 4 is 17.2 Å². The maximum absolute atomic E-state index is 6.11. The minimum atomic E-state index is -0.0207. The molecule has 0 N–H and O–H groups in total. The van der Waals surface area contributed by atoms with Gasteiger partial charge in [0.1, 0.15) is 6.10 Å². The van der Waals surface area contributed by atoms with Gasteiger partial charge in [-0.05, 0) is 46.4 Å². The Morgan fingerprint density at radius 1 is 0.760 bits per heavy atom. The fourth-order valence-electron chi connectivity index (χ4n) is 3.46. The molecule has 1 heterocycles. The van der Waals surface area contributed by atoms with Crippen molar-refractivity contribution in [2.24, 2.45) is 0 Å². The molecule has 0 bridgehead atoms. The summed E-state index contributed by atoms with van der Waals surface area (Å²) in [6.45, 7) is 0.742. The SMILES string of the molecule is Clc1ccc(C2OCCC2=C(c2ccccc2)c2ccccc2)cc1. The fourth-order valence-corrected chi connectivity index (χ4v) is 3.58. The van der Waals surface area contributed by atoms with E-state index < -0.39 is 0 Å². The molecule has 25 heavy (non-hydrogen) atoms. The zero-order valence-corrected chi connectivity index (χ0v) is 14.6. The van der Waals surface area contributed by atoms with Crippen LogP contribution in [0.3, 0.4) is 0 Å². The van der Waals surface area contributed by atoms with E-state index in [1.165, 1.54) is 22.3 Å². The molecule has 0 radical (unpaired) electrons. The van der Waals surface area contributed by atoms with Crippen LogP contribution in [0.5, 0.6) is 0 Å². The van der Waals surface area contributed by atoms with E-state index >= 15 is 0 Å². The van der Waals surface area contributed by atoms with Crippen molar-refractivity contribution in [3.8, 4) is 0 Å². The predicted molar refractivity (Wildman–Crippen MR) is 104 cm³/mol. The summed E-state index contributed by atoms with van der Waals surface area (Å²) in [6.07, 6.45) is 0.916. The van der Waals surface area contributed by atoms with E-state index in [2.05, 4.69) is 72.8 Å². The molecule has 1 aliphatic rings. The van der Waals surface area contributed by atoms with E-state index in [0.29, 0.717) is 0 Å². The first-order chi connectivity index (χ1) is 12.3. The van der Waals surface area contributed by atoms with Gasteiger partial charge in [-0.2, -0.15) is 0 Å². The lowest BCUT2D eigenvalue weighted by atomic mass is 9.88. The average Bonchev–Trinajstić information content (AvgIpc) is 3.14. The van der Waals surface area contributed by atoms with Gasteiger partial charge in [0.05, 0.1) is 6.61 Å². The van der Waals surface area contributed by atoms with Gasteiger partial charge in [-0.1, -0.05) is 84.4 Å². The maximum atomic E-state index is 6.11. The van der Waals surface area contributed by atoms with Gasteiger partial charge in [0.25, 0.3) is 0 Å². The zero-order valence-electron chi connectivity index (χ0n) is 13.9. The van der Waals surface area contributed by atoms with Crippen LogP contribution in [0.2, 0.25) is 5.02 Å². The van der Waals surface area contributed by atoms with Crippen LogP contribution in [0.4, 0.5) is 0 Å². The predicted octanol–water partition coefficient (Wildman–Crippen LogP) is 6.30. The van der Waals surface area contributed by atoms with Crippen molar-refractivity contribution in [2.45, 2.75) is 12.5 Å². The van der Waals surface area contributed by atoms with Crippen molar-refractivity contribution in [2.75, 3.05) is 6.61 Å². The van der Waals surface area contributed by atoms with E-state index in [0.717, 1.165) is 23.6 Å². The molecule has 1 fully saturated rings. The average molecular weight is 347 g/mol. The van der Waals surface area contributed by atoms with E-state index in [1.807, 2.05) is 12.1 Å². The molecule has 124 valence electrons. The second-order valence-electron chi connectivity index (χ2n) is 6.18. The molecule has 0 spiro atoms. The van der Waals surface area contributed by atoms with Gasteiger partial charge in [-0.25, -0.2) is 0 Å². The highest BCUT2D eigenvalue weighted by atomic mass is 35.5. The molecular formula is C23H19ClO. The molecule has 0 aromatic heterocycles. The molecule has 1 atom stereocenters. The summed E-state index contributed by atoms with van der Waals surface area (Å²) < 4.78 is 6.11. The molecule has 4 rings (SSSR count). The van der Waals surface area contributed by atoms with Gasteiger partial charge in [0.15, 0.2) is 0 Å². The summed E-state index contributed by atoms with van der Waals surface area (Å²) in [5, 5.41) is 0.749. The summed E-state index contributed by atoms with van der Waals surface area (Å²) in [7, 11) is 0. The molecule has 1 saturated heterocycles. The number of halogens is 1. The topological polar surface area (TPSA) is 9.23 Å². The second-order valence-corrected chi connectivity index (χ2v) is 6.62. The smallest absolute Gasteiger partial charge is 0.105 e. The standard InChI is InChI=1S/C23H19ClO/c24-20-13-11-19(12-14-20)23-21(15-16-25-23)22(17-7-3-1-4-8-17)18-9-5-2-6-10-18/h1-14,23H,15-16H2. The first-order valence-corrected chi connectivity index (χ1v) is 8.91. The zero-order chi connectivity index (χ0) is 17.1. The van der Waals surface area contributed by atoms with Crippen LogP contribution in [0.25, 0.3) is 5.57 Å². The molecule has 3 aromatic carbocycles. The van der Waals surface area contributed by atoms with E-state index in [9.17, 15) is 0 Å². The van der Waals surface area contributed by atoms with Crippen LogP contribution in [-0.4, -0.2) is 6.61 Å². The quantitative estimate of drug-likeness (QED) is 0.540. The lowest BCUT2D eigenvalue weighted by Crippen LogP contribution is -2.02. The number of rotatable bonds is 3. The Hall–Kier alpha value is -2.35. The molecule has 0 amide bonds. The van der Waals surface area contributed by atoms with Crippen LogP contribution in [-0.2, 0) is 4.74 Å². The van der Waals surface area contributed by atoms with E-state index in [-0.39, 0.29) is 6.10 Å². The monoisotopic (exact) mass is 346 g/mol. The molecular weight excluding hydrogens is 328 g/mol. The van der Waals surface area contributed by atoms with Crippen LogP contribution in [0, 0.1) is 0 Å². The Labute approximate surface area is 153 Å². The second kappa shape index (κ2) is 7.26.